The zero-order valence-corrected chi connectivity index (χ0v) is 8.25. The molecule has 3 heteroatoms. The van der Waals surface area contributed by atoms with E-state index >= 15 is 0 Å². The van der Waals surface area contributed by atoms with Gasteiger partial charge in [0, 0.05) is 0 Å². The zero-order valence-electron chi connectivity index (χ0n) is 3.90. The summed E-state index contributed by atoms with van der Waals surface area (Å²) in [4.78, 5) is 0. The predicted molar refractivity (Wildman–Crippen MR) is 31.6 cm³/mol. The maximum absolute atomic E-state index is 2.22. The quantitative estimate of drug-likeness (QED) is 0.731. The van der Waals surface area contributed by atoms with Gasteiger partial charge in [-0.15, -0.1) is 0 Å². The first-order chi connectivity index (χ1) is 2.91. The summed E-state index contributed by atoms with van der Waals surface area (Å²) in [5.74, 6) is 1.32. The molecule has 0 fully saturated rings. The molecule has 0 bridgehead atoms. The first kappa shape index (κ1) is 7.36. The van der Waals surface area contributed by atoms with Gasteiger partial charge in [-0.2, -0.15) is 0 Å². The van der Waals surface area contributed by atoms with Crippen molar-refractivity contribution < 1.29 is 15.5 Å². The summed E-state index contributed by atoms with van der Waals surface area (Å²) in [6.45, 7) is 2.22. The van der Waals surface area contributed by atoms with Crippen LogP contribution in [0.2, 0.25) is 0 Å². The van der Waals surface area contributed by atoms with Crippen molar-refractivity contribution in [1.82, 2.24) is 0 Å². The third kappa shape index (κ3) is 5.36. The van der Waals surface area contributed by atoms with E-state index in [4.69, 9.17) is 0 Å². The third-order valence-electron chi connectivity index (χ3n) is 0.217. The van der Waals surface area contributed by atoms with E-state index in [2.05, 4.69) is 22.8 Å². The van der Waals surface area contributed by atoms with Crippen molar-refractivity contribution in [3.05, 3.63) is 0 Å². The minimum atomic E-state index is 0.156. The van der Waals surface area contributed by atoms with Crippen molar-refractivity contribution in [3.8, 4) is 0 Å². The maximum atomic E-state index is 2.22. The molecule has 0 rings (SSSR count). The molecular weight excluding hydrogens is 286 g/mol. The second kappa shape index (κ2) is 6.36. The van der Waals surface area contributed by atoms with Gasteiger partial charge in [0.1, 0.15) is 0 Å². The summed E-state index contributed by atoms with van der Waals surface area (Å²) in [6.07, 6.45) is 2.20. The van der Waals surface area contributed by atoms with Crippen LogP contribution in [0.5, 0.6) is 0 Å². The van der Waals surface area contributed by atoms with Crippen LogP contribution in [0, 0.1) is 0 Å². The minimum absolute atomic E-state index is 0.156. The summed E-state index contributed by atoms with van der Waals surface area (Å²) in [5, 5.41) is 0. The Morgan fingerprint density at radius 2 is 2.33 bits per heavy atom. The summed E-state index contributed by atoms with van der Waals surface area (Å²) in [6, 6.07) is 0. The molecule has 0 aromatic carbocycles. The molecule has 0 N–H and O–H groups in total. The molecule has 0 heterocycles. The summed E-state index contributed by atoms with van der Waals surface area (Å²) < 4.78 is 0. The van der Waals surface area contributed by atoms with Crippen LogP contribution in [-0.4, -0.2) is 12.0 Å². The fourth-order valence-corrected chi connectivity index (χ4v) is 6.56. The van der Waals surface area contributed by atoms with Crippen LogP contribution in [0.25, 0.3) is 0 Å². The number of hydrogen-bond acceptors (Lipinski definition) is 2. The van der Waals surface area contributed by atoms with E-state index in [9.17, 15) is 0 Å². The van der Waals surface area contributed by atoms with Crippen molar-refractivity contribution in [3.63, 3.8) is 0 Å². The second-order valence-electron chi connectivity index (χ2n) is 0.615. The van der Waals surface area contributed by atoms with Gasteiger partial charge in [0.15, 0.2) is 0 Å². The van der Waals surface area contributed by atoms with Crippen LogP contribution in [-0.2, 0) is 15.5 Å². The van der Waals surface area contributed by atoms with E-state index in [1.54, 1.807) is 0 Å². The summed E-state index contributed by atoms with van der Waals surface area (Å²) in [7, 11) is 4.17. The zero-order chi connectivity index (χ0) is 4.83. The summed E-state index contributed by atoms with van der Waals surface area (Å²) in [5.41, 5.74) is 0. The molecule has 0 nitrogen and oxygen atoms in total. The van der Waals surface area contributed by atoms with Gasteiger partial charge >= 0.3 is 53.6 Å². The number of hydrogen-bond donors (Lipinski definition) is 0. The van der Waals surface area contributed by atoms with Gasteiger partial charge in [-0.3, -0.25) is 0 Å². The van der Waals surface area contributed by atoms with Crippen LogP contribution >= 0.6 is 19.2 Å². The van der Waals surface area contributed by atoms with Crippen LogP contribution in [0.15, 0.2) is 0 Å². The predicted octanol–water partition coefficient (Wildman–Crippen LogP) is 2.02. The molecule has 0 atom stereocenters. The van der Waals surface area contributed by atoms with E-state index < -0.39 is 0 Å². The molecule has 0 saturated carbocycles. The SMILES string of the molecule is CC[S][Re][S]C. The second-order valence-corrected chi connectivity index (χ2v) is 12.0. The van der Waals surface area contributed by atoms with E-state index in [0.717, 1.165) is 0 Å². The fraction of sp³-hybridized carbons (Fsp3) is 1.00. The molecule has 0 aromatic rings. The van der Waals surface area contributed by atoms with Crippen molar-refractivity contribution in [1.29, 1.82) is 0 Å². The van der Waals surface area contributed by atoms with Crippen molar-refractivity contribution in [2.45, 2.75) is 6.92 Å². The van der Waals surface area contributed by atoms with Gasteiger partial charge < -0.3 is 0 Å². The Morgan fingerprint density at radius 1 is 1.67 bits per heavy atom. The molecular formula is C3H8ReS2. The first-order valence-corrected chi connectivity index (χ1v) is 10.4. The molecule has 0 aliphatic carbocycles. The molecule has 0 aliphatic rings. The molecule has 0 spiro atoms. The Balaban J connectivity index is 2.34. The van der Waals surface area contributed by atoms with Crippen molar-refractivity contribution >= 4 is 19.2 Å². The van der Waals surface area contributed by atoms with E-state index in [0.29, 0.717) is 0 Å². The molecule has 0 unspecified atom stereocenters. The van der Waals surface area contributed by atoms with E-state index in [1.807, 2.05) is 9.58 Å². The molecule has 0 saturated heterocycles. The molecule has 0 radical (unpaired) electrons. The standard InChI is InChI=1S/C2H6S.CH4S.Re/c1-2-3;1-2;/h3H,2H2,1H3;2H,1H3;/q;;+2/p-2. The first-order valence-electron chi connectivity index (χ1n) is 1.71. The topological polar surface area (TPSA) is 0 Å². The van der Waals surface area contributed by atoms with Crippen LogP contribution in [0.1, 0.15) is 6.92 Å². The Labute approximate surface area is 53.5 Å². The van der Waals surface area contributed by atoms with Gasteiger partial charge in [0.05, 0.1) is 0 Å². The van der Waals surface area contributed by atoms with Gasteiger partial charge in [-0.05, 0) is 0 Å². The average molecular weight is 294 g/mol. The molecule has 39 valence electrons. The van der Waals surface area contributed by atoms with Gasteiger partial charge in [-0.25, -0.2) is 0 Å². The van der Waals surface area contributed by atoms with Crippen LogP contribution in [0.4, 0.5) is 0 Å². The van der Waals surface area contributed by atoms with E-state index in [-0.39, 0.29) is 15.5 Å². The third-order valence-corrected chi connectivity index (χ3v) is 10.6. The number of rotatable bonds is 3. The van der Waals surface area contributed by atoms with Gasteiger partial charge in [0.25, 0.3) is 0 Å². The molecule has 0 aliphatic heterocycles. The van der Waals surface area contributed by atoms with Crippen molar-refractivity contribution in [2.24, 2.45) is 0 Å². The molecule has 0 amide bonds. The monoisotopic (exact) mass is 295 g/mol. The van der Waals surface area contributed by atoms with Crippen molar-refractivity contribution in [2.75, 3.05) is 12.0 Å². The normalized spacial score (nSPS) is 9.00. The summed E-state index contributed by atoms with van der Waals surface area (Å²) >= 11 is 0.156. The Hall–Kier alpha value is 1.36. The van der Waals surface area contributed by atoms with E-state index in [1.165, 1.54) is 5.75 Å². The Morgan fingerprint density at radius 3 is 2.50 bits per heavy atom. The fourth-order valence-electron chi connectivity index (χ4n) is 0.0891. The molecule has 0 aromatic heterocycles. The Bertz CT molecular complexity index is 20.8. The molecule has 6 heavy (non-hydrogen) atoms. The van der Waals surface area contributed by atoms with Crippen LogP contribution in [0.3, 0.4) is 0 Å². The van der Waals surface area contributed by atoms with Gasteiger partial charge in [-0.1, -0.05) is 0 Å². The average Bonchev–Trinajstić information content (AvgIpc) is 1.61. The van der Waals surface area contributed by atoms with Crippen LogP contribution < -0.4 is 0 Å². The van der Waals surface area contributed by atoms with Gasteiger partial charge in [0.2, 0.25) is 0 Å². The Kier molecular flexibility index (Phi) is 7.81.